The van der Waals surface area contributed by atoms with Crippen molar-refractivity contribution in [2.75, 3.05) is 33.0 Å². The number of hydrogen-bond donors (Lipinski definition) is 1. The summed E-state index contributed by atoms with van der Waals surface area (Å²) in [6.07, 6.45) is 0. The number of rotatable bonds is 5. The van der Waals surface area contributed by atoms with Crippen LogP contribution < -0.4 is 14.4 Å². The van der Waals surface area contributed by atoms with E-state index in [1.54, 1.807) is 6.92 Å². The van der Waals surface area contributed by atoms with Gasteiger partial charge in [-0.05, 0) is 30.7 Å². The van der Waals surface area contributed by atoms with Crippen molar-refractivity contribution in [1.29, 1.82) is 0 Å². The smallest absolute Gasteiger partial charge is 0.270 e. The number of piperazine rings is 1. The third kappa shape index (κ3) is 3.91. The summed E-state index contributed by atoms with van der Waals surface area (Å²) in [5, 5.41) is 11.0. The molecule has 9 nitrogen and oxygen atoms in total. The Labute approximate surface area is 168 Å². The van der Waals surface area contributed by atoms with Crippen LogP contribution in [0, 0.1) is 17.0 Å². The van der Waals surface area contributed by atoms with Crippen LogP contribution >= 0.6 is 0 Å². The van der Waals surface area contributed by atoms with Gasteiger partial charge in [0.05, 0.1) is 36.0 Å². The average Bonchev–Trinajstić information content (AvgIpc) is 3.16. The highest BCUT2D eigenvalue weighted by molar-refractivity contribution is 7.89. The molecule has 2 heterocycles. The van der Waals surface area contributed by atoms with E-state index in [1.165, 1.54) is 21.3 Å². The number of quaternary nitrogens is 1. The number of hydrogen-bond acceptors (Lipinski definition) is 6. The molecule has 0 amide bonds. The first-order valence-electron chi connectivity index (χ1n) is 9.32. The minimum Gasteiger partial charge on any atom is -0.454 e. The number of sulfonamides is 1. The Kier molecular flexibility index (Phi) is 5.15. The Morgan fingerprint density at radius 3 is 2.55 bits per heavy atom. The van der Waals surface area contributed by atoms with Gasteiger partial charge in [0.15, 0.2) is 11.5 Å². The van der Waals surface area contributed by atoms with Crippen LogP contribution in [0.5, 0.6) is 11.5 Å². The van der Waals surface area contributed by atoms with Gasteiger partial charge in [-0.15, -0.1) is 0 Å². The van der Waals surface area contributed by atoms with Gasteiger partial charge in [0.1, 0.15) is 6.54 Å². The molecule has 1 fully saturated rings. The maximum atomic E-state index is 13.0. The van der Waals surface area contributed by atoms with E-state index in [0.29, 0.717) is 31.7 Å². The first-order valence-corrected chi connectivity index (χ1v) is 10.8. The predicted octanol–water partition coefficient (Wildman–Crippen LogP) is 0.721. The summed E-state index contributed by atoms with van der Waals surface area (Å²) in [6.45, 7) is 4.69. The number of fused-ring (bicyclic) bond motifs is 1. The third-order valence-electron chi connectivity index (χ3n) is 5.32. The minimum absolute atomic E-state index is 0.00548. The highest BCUT2D eigenvalue weighted by atomic mass is 32.2. The number of aryl methyl sites for hydroxylation is 1. The molecule has 2 aliphatic heterocycles. The third-order valence-corrected chi connectivity index (χ3v) is 7.36. The van der Waals surface area contributed by atoms with E-state index >= 15 is 0 Å². The topological polar surface area (TPSA) is 103 Å². The molecule has 1 N–H and O–H groups in total. The monoisotopic (exact) mass is 420 g/mol. The normalized spacial score (nSPS) is 17.4. The summed E-state index contributed by atoms with van der Waals surface area (Å²) in [5.41, 5.74) is 1.39. The van der Waals surface area contributed by atoms with Crippen molar-refractivity contribution >= 4 is 15.7 Å². The summed E-state index contributed by atoms with van der Waals surface area (Å²) in [6, 6.07) is 9.80. The molecule has 0 atom stereocenters. The van der Waals surface area contributed by atoms with Crippen molar-refractivity contribution in [3.63, 3.8) is 0 Å². The zero-order valence-electron chi connectivity index (χ0n) is 16.0. The van der Waals surface area contributed by atoms with Crippen molar-refractivity contribution in [1.82, 2.24) is 4.31 Å². The van der Waals surface area contributed by atoms with Crippen LogP contribution in [0.15, 0.2) is 41.3 Å². The number of ether oxygens (including phenoxy) is 2. The fourth-order valence-corrected chi connectivity index (χ4v) is 5.36. The number of nitro benzene ring substituents is 1. The first-order chi connectivity index (χ1) is 13.8. The standard InChI is InChI=1S/C19H21N3O6S/c1-14-2-4-16(22(23)24)11-19(14)29(25,26)21-8-6-20(7-9-21)12-15-3-5-17-18(10-15)28-13-27-17/h2-5,10-11H,6-9,12-13H2,1H3/p+1. The minimum atomic E-state index is -3.77. The number of benzene rings is 2. The molecule has 0 saturated carbocycles. The zero-order valence-corrected chi connectivity index (χ0v) is 16.8. The van der Waals surface area contributed by atoms with Gasteiger partial charge in [-0.1, -0.05) is 6.07 Å². The number of non-ortho nitro benzene ring substituents is 1. The van der Waals surface area contributed by atoms with Crippen LogP contribution in [0.2, 0.25) is 0 Å². The van der Waals surface area contributed by atoms with Gasteiger partial charge in [0.2, 0.25) is 16.8 Å². The molecule has 4 rings (SSSR count). The summed E-state index contributed by atoms with van der Waals surface area (Å²) < 4.78 is 38.2. The van der Waals surface area contributed by atoms with E-state index in [2.05, 4.69) is 0 Å². The summed E-state index contributed by atoms with van der Waals surface area (Å²) in [4.78, 5) is 11.7. The molecule has 0 aromatic heterocycles. The van der Waals surface area contributed by atoms with Gasteiger partial charge in [-0.2, -0.15) is 4.31 Å². The second-order valence-corrected chi connectivity index (χ2v) is 9.13. The van der Waals surface area contributed by atoms with Crippen LogP contribution in [0.1, 0.15) is 11.1 Å². The van der Waals surface area contributed by atoms with E-state index < -0.39 is 14.9 Å². The van der Waals surface area contributed by atoms with E-state index in [4.69, 9.17) is 9.47 Å². The van der Waals surface area contributed by atoms with E-state index in [-0.39, 0.29) is 17.4 Å². The van der Waals surface area contributed by atoms with Gasteiger partial charge in [-0.25, -0.2) is 8.42 Å². The predicted molar refractivity (Wildman–Crippen MR) is 104 cm³/mol. The summed E-state index contributed by atoms with van der Waals surface area (Å²) >= 11 is 0. The van der Waals surface area contributed by atoms with Crippen molar-refractivity contribution in [2.24, 2.45) is 0 Å². The highest BCUT2D eigenvalue weighted by Crippen LogP contribution is 2.32. The molecule has 0 aliphatic carbocycles. The quantitative estimate of drug-likeness (QED) is 0.565. The Morgan fingerprint density at radius 1 is 1.10 bits per heavy atom. The molecule has 0 bridgehead atoms. The molecule has 0 radical (unpaired) electrons. The number of nitro groups is 1. The number of nitrogens with zero attached hydrogens (tertiary/aromatic N) is 2. The Hall–Kier alpha value is -2.69. The fourth-order valence-electron chi connectivity index (χ4n) is 3.68. The average molecular weight is 420 g/mol. The molecule has 0 unspecified atom stereocenters. The van der Waals surface area contributed by atoms with Gasteiger partial charge in [-0.3, -0.25) is 10.1 Å². The first kappa shape index (κ1) is 19.6. The van der Waals surface area contributed by atoms with Gasteiger partial charge in [0.25, 0.3) is 5.69 Å². The van der Waals surface area contributed by atoms with E-state index in [1.807, 2.05) is 18.2 Å². The second kappa shape index (κ2) is 7.62. The second-order valence-electron chi connectivity index (χ2n) is 7.23. The van der Waals surface area contributed by atoms with E-state index in [0.717, 1.165) is 29.7 Å². The lowest BCUT2D eigenvalue weighted by Gasteiger charge is -2.31. The molecule has 0 spiro atoms. The molecule has 2 aliphatic rings. The Balaban J connectivity index is 1.44. The molecular formula is C19H22N3O6S+. The Bertz CT molecular complexity index is 1050. The van der Waals surface area contributed by atoms with Crippen molar-refractivity contribution in [2.45, 2.75) is 18.4 Å². The van der Waals surface area contributed by atoms with Crippen molar-refractivity contribution in [3.05, 3.63) is 57.6 Å². The van der Waals surface area contributed by atoms with Crippen LogP contribution in [-0.4, -0.2) is 50.6 Å². The molecule has 154 valence electrons. The van der Waals surface area contributed by atoms with Crippen LogP contribution in [-0.2, 0) is 16.6 Å². The lowest BCUT2D eigenvalue weighted by Crippen LogP contribution is -3.13. The lowest BCUT2D eigenvalue weighted by atomic mass is 10.2. The van der Waals surface area contributed by atoms with Crippen LogP contribution in [0.25, 0.3) is 0 Å². The van der Waals surface area contributed by atoms with Crippen LogP contribution in [0.4, 0.5) is 5.69 Å². The Morgan fingerprint density at radius 2 is 1.83 bits per heavy atom. The van der Waals surface area contributed by atoms with Crippen LogP contribution in [0.3, 0.4) is 0 Å². The van der Waals surface area contributed by atoms with Gasteiger partial charge >= 0.3 is 0 Å². The largest absolute Gasteiger partial charge is 0.454 e. The zero-order chi connectivity index (χ0) is 20.6. The van der Waals surface area contributed by atoms with Gasteiger partial charge < -0.3 is 14.4 Å². The molecule has 29 heavy (non-hydrogen) atoms. The molecule has 2 aromatic rings. The van der Waals surface area contributed by atoms with E-state index in [9.17, 15) is 18.5 Å². The SMILES string of the molecule is Cc1ccc([N+](=O)[O-])cc1S(=O)(=O)N1CC[NH+](Cc2ccc3c(c2)OCO3)CC1. The van der Waals surface area contributed by atoms with Gasteiger partial charge in [0, 0.05) is 17.7 Å². The van der Waals surface area contributed by atoms with Crippen molar-refractivity contribution in [3.8, 4) is 11.5 Å². The molecular weight excluding hydrogens is 398 g/mol. The number of nitrogens with one attached hydrogen (secondary N) is 1. The maximum Gasteiger partial charge on any atom is 0.270 e. The summed E-state index contributed by atoms with van der Waals surface area (Å²) in [7, 11) is -3.77. The maximum absolute atomic E-state index is 13.0. The van der Waals surface area contributed by atoms with Crippen molar-refractivity contribution < 1.29 is 27.7 Å². The fraction of sp³-hybridized carbons (Fsp3) is 0.368. The highest BCUT2D eigenvalue weighted by Gasteiger charge is 2.32. The molecule has 10 heteroatoms. The molecule has 1 saturated heterocycles. The molecule has 2 aromatic carbocycles. The lowest BCUT2D eigenvalue weighted by molar-refractivity contribution is -0.917. The summed E-state index contributed by atoms with van der Waals surface area (Å²) in [5.74, 6) is 1.48.